The number of rotatable bonds is 2. The fourth-order valence-corrected chi connectivity index (χ4v) is 0.868. The summed E-state index contributed by atoms with van der Waals surface area (Å²) in [6.45, 7) is 1.64. The van der Waals surface area contributed by atoms with E-state index in [9.17, 15) is 9.59 Å². The lowest BCUT2D eigenvalue weighted by Gasteiger charge is -1.96. The molecule has 0 atom stereocenters. The van der Waals surface area contributed by atoms with Crippen LogP contribution in [0.1, 0.15) is 11.5 Å². The molecule has 0 radical (unpaired) electrons. The van der Waals surface area contributed by atoms with Crippen LogP contribution in [0, 0.1) is 6.92 Å². The number of hydrogen-bond donors (Lipinski definition) is 2. The van der Waals surface area contributed by atoms with Crippen molar-refractivity contribution >= 4 is 5.97 Å². The van der Waals surface area contributed by atoms with E-state index in [0.29, 0.717) is 5.69 Å². The van der Waals surface area contributed by atoms with E-state index >= 15 is 0 Å². The summed E-state index contributed by atoms with van der Waals surface area (Å²) in [6, 6.07) is 1.31. The van der Waals surface area contributed by atoms with Gasteiger partial charge in [-0.15, -0.1) is 0 Å². The molecular formula is C7H8N2O3. The highest BCUT2D eigenvalue weighted by Crippen LogP contribution is 1.90. The van der Waals surface area contributed by atoms with Crippen molar-refractivity contribution in [1.82, 2.24) is 9.97 Å². The Bertz CT molecular complexity index is 356. The molecule has 64 valence electrons. The quantitative estimate of drug-likeness (QED) is 0.635. The van der Waals surface area contributed by atoms with E-state index < -0.39 is 5.97 Å². The summed E-state index contributed by atoms with van der Waals surface area (Å²) < 4.78 is 0. The molecule has 2 N–H and O–H groups in total. The molecule has 0 unspecified atom stereocenters. The fourth-order valence-electron chi connectivity index (χ4n) is 0.868. The number of carboxylic acids is 1. The van der Waals surface area contributed by atoms with Gasteiger partial charge < -0.3 is 10.1 Å². The van der Waals surface area contributed by atoms with Crippen LogP contribution in [-0.4, -0.2) is 21.0 Å². The SMILES string of the molecule is Cc1cc(=O)[nH]c(CC(=O)O)n1. The van der Waals surface area contributed by atoms with Gasteiger partial charge in [-0.1, -0.05) is 0 Å². The zero-order valence-electron chi connectivity index (χ0n) is 6.50. The molecule has 0 aromatic carbocycles. The minimum absolute atomic E-state index is 0.188. The number of aryl methyl sites for hydroxylation is 1. The predicted octanol–water partition coefficient (Wildman–Crippen LogP) is -0.295. The van der Waals surface area contributed by atoms with Crippen LogP contribution >= 0.6 is 0 Å². The van der Waals surface area contributed by atoms with Gasteiger partial charge in [0.2, 0.25) is 0 Å². The van der Waals surface area contributed by atoms with Crippen LogP contribution in [-0.2, 0) is 11.2 Å². The number of carboxylic acid groups (broad SMARTS) is 1. The van der Waals surface area contributed by atoms with E-state index in [0.717, 1.165) is 0 Å². The second-order valence-electron chi connectivity index (χ2n) is 2.40. The van der Waals surface area contributed by atoms with Crippen LogP contribution < -0.4 is 5.56 Å². The predicted molar refractivity (Wildman–Crippen MR) is 40.9 cm³/mol. The van der Waals surface area contributed by atoms with E-state index in [-0.39, 0.29) is 17.8 Å². The highest BCUT2D eigenvalue weighted by Gasteiger charge is 2.02. The maximum atomic E-state index is 10.8. The van der Waals surface area contributed by atoms with Crippen molar-refractivity contribution < 1.29 is 9.90 Å². The topological polar surface area (TPSA) is 83.0 Å². The highest BCUT2D eigenvalue weighted by atomic mass is 16.4. The monoisotopic (exact) mass is 168 g/mol. The van der Waals surface area contributed by atoms with Gasteiger partial charge in [0.1, 0.15) is 12.2 Å². The average Bonchev–Trinajstić information content (AvgIpc) is 1.81. The van der Waals surface area contributed by atoms with Crippen molar-refractivity contribution in [2.75, 3.05) is 0 Å². The zero-order valence-corrected chi connectivity index (χ0v) is 6.50. The number of aromatic amines is 1. The molecule has 0 aliphatic rings. The standard InChI is InChI=1S/C7H8N2O3/c1-4-2-6(10)9-5(8-4)3-7(11)12/h2H,3H2,1H3,(H,11,12)(H,8,9,10). The summed E-state index contributed by atoms with van der Waals surface area (Å²) in [4.78, 5) is 27.2. The Morgan fingerprint density at radius 3 is 2.92 bits per heavy atom. The number of aromatic nitrogens is 2. The number of H-pyrrole nitrogens is 1. The van der Waals surface area contributed by atoms with E-state index in [4.69, 9.17) is 5.11 Å². The van der Waals surface area contributed by atoms with Crippen molar-refractivity contribution in [3.05, 3.63) is 27.9 Å². The molecule has 1 aromatic heterocycles. The molecule has 1 aromatic rings. The molecule has 12 heavy (non-hydrogen) atoms. The number of aliphatic carboxylic acids is 1. The van der Waals surface area contributed by atoms with Crippen LogP contribution in [0.15, 0.2) is 10.9 Å². The Kier molecular flexibility index (Phi) is 2.23. The van der Waals surface area contributed by atoms with Crippen LogP contribution in [0.4, 0.5) is 0 Å². The third kappa shape index (κ3) is 2.19. The van der Waals surface area contributed by atoms with Crippen molar-refractivity contribution in [2.45, 2.75) is 13.3 Å². The van der Waals surface area contributed by atoms with Gasteiger partial charge in [0, 0.05) is 11.8 Å². The molecule has 0 spiro atoms. The van der Waals surface area contributed by atoms with Crippen molar-refractivity contribution in [3.8, 4) is 0 Å². The molecule has 5 nitrogen and oxygen atoms in total. The van der Waals surface area contributed by atoms with E-state index in [2.05, 4.69) is 9.97 Å². The molecule has 0 saturated heterocycles. The Balaban J connectivity index is 3.01. The Morgan fingerprint density at radius 1 is 1.75 bits per heavy atom. The first-order chi connectivity index (χ1) is 5.58. The van der Waals surface area contributed by atoms with Gasteiger partial charge in [0.25, 0.3) is 5.56 Å². The second kappa shape index (κ2) is 3.17. The fraction of sp³-hybridized carbons (Fsp3) is 0.286. The average molecular weight is 168 g/mol. The molecule has 5 heteroatoms. The van der Waals surface area contributed by atoms with Gasteiger partial charge in [0.05, 0.1) is 0 Å². The van der Waals surface area contributed by atoms with Crippen molar-refractivity contribution in [1.29, 1.82) is 0 Å². The van der Waals surface area contributed by atoms with Gasteiger partial charge in [-0.25, -0.2) is 4.98 Å². The first-order valence-corrected chi connectivity index (χ1v) is 3.36. The van der Waals surface area contributed by atoms with Crippen LogP contribution in [0.3, 0.4) is 0 Å². The van der Waals surface area contributed by atoms with Crippen LogP contribution in [0.25, 0.3) is 0 Å². The Labute approximate surface area is 68.1 Å². The summed E-state index contributed by atoms with van der Waals surface area (Å²) in [5.41, 5.74) is 0.203. The summed E-state index contributed by atoms with van der Waals surface area (Å²) in [7, 11) is 0. The minimum atomic E-state index is -1.01. The first kappa shape index (κ1) is 8.45. The van der Waals surface area contributed by atoms with E-state index in [1.807, 2.05) is 0 Å². The number of hydrogen-bond acceptors (Lipinski definition) is 3. The summed E-state index contributed by atoms with van der Waals surface area (Å²) in [5, 5.41) is 8.39. The smallest absolute Gasteiger partial charge is 0.311 e. The lowest BCUT2D eigenvalue weighted by Crippen LogP contribution is -2.14. The molecule has 1 rings (SSSR count). The van der Waals surface area contributed by atoms with Crippen LogP contribution in [0.2, 0.25) is 0 Å². The van der Waals surface area contributed by atoms with Crippen LogP contribution in [0.5, 0.6) is 0 Å². The maximum absolute atomic E-state index is 10.8. The number of nitrogens with one attached hydrogen (secondary N) is 1. The van der Waals surface area contributed by atoms with E-state index in [1.165, 1.54) is 6.07 Å². The van der Waals surface area contributed by atoms with Gasteiger partial charge in [-0.3, -0.25) is 9.59 Å². The first-order valence-electron chi connectivity index (χ1n) is 3.36. The molecule has 0 saturated carbocycles. The Hall–Kier alpha value is -1.65. The number of nitrogens with zero attached hydrogens (tertiary/aromatic N) is 1. The molecule has 0 aliphatic carbocycles. The summed E-state index contributed by atoms with van der Waals surface area (Å²) >= 11 is 0. The zero-order chi connectivity index (χ0) is 9.14. The molecule has 0 aliphatic heterocycles. The summed E-state index contributed by atoms with van der Waals surface area (Å²) in [5.74, 6) is -0.823. The van der Waals surface area contributed by atoms with Gasteiger partial charge in [0.15, 0.2) is 0 Å². The normalized spacial score (nSPS) is 9.75. The lowest BCUT2D eigenvalue weighted by molar-refractivity contribution is -0.136. The third-order valence-corrected chi connectivity index (χ3v) is 1.24. The Morgan fingerprint density at radius 2 is 2.42 bits per heavy atom. The van der Waals surface area contributed by atoms with Gasteiger partial charge in [-0.05, 0) is 6.92 Å². The molecule has 0 bridgehead atoms. The molecule has 0 fully saturated rings. The van der Waals surface area contributed by atoms with E-state index in [1.54, 1.807) is 6.92 Å². The minimum Gasteiger partial charge on any atom is -0.481 e. The number of carbonyl (C=O) groups is 1. The maximum Gasteiger partial charge on any atom is 0.311 e. The largest absolute Gasteiger partial charge is 0.481 e. The lowest BCUT2D eigenvalue weighted by atomic mass is 10.3. The van der Waals surface area contributed by atoms with Gasteiger partial charge >= 0.3 is 5.97 Å². The van der Waals surface area contributed by atoms with Crippen molar-refractivity contribution in [2.24, 2.45) is 0 Å². The van der Waals surface area contributed by atoms with Gasteiger partial charge in [-0.2, -0.15) is 0 Å². The molecule has 0 amide bonds. The second-order valence-corrected chi connectivity index (χ2v) is 2.40. The highest BCUT2D eigenvalue weighted by molar-refractivity contribution is 5.68. The summed E-state index contributed by atoms with van der Waals surface area (Å²) in [6.07, 6.45) is -0.253. The third-order valence-electron chi connectivity index (χ3n) is 1.24. The molecule has 1 heterocycles. The molecular weight excluding hydrogens is 160 g/mol. The van der Waals surface area contributed by atoms with Crippen molar-refractivity contribution in [3.63, 3.8) is 0 Å².